The van der Waals surface area contributed by atoms with E-state index in [0.717, 1.165) is 12.3 Å². The van der Waals surface area contributed by atoms with Crippen LogP contribution in [0.1, 0.15) is 24.6 Å². The summed E-state index contributed by atoms with van der Waals surface area (Å²) in [6.07, 6.45) is -3.59. The number of hydrogen-bond acceptors (Lipinski definition) is 4. The third kappa shape index (κ3) is 5.80. The van der Waals surface area contributed by atoms with Crippen LogP contribution in [0.3, 0.4) is 0 Å². The second-order valence-electron chi connectivity index (χ2n) is 4.48. The summed E-state index contributed by atoms with van der Waals surface area (Å²) in [4.78, 5) is 25.9. The molecule has 0 bridgehead atoms. The number of nitrogens with zero attached hydrogens (tertiary/aromatic N) is 1. The van der Waals surface area contributed by atoms with Crippen molar-refractivity contribution in [1.82, 2.24) is 10.3 Å². The predicted molar refractivity (Wildman–Crippen MR) is 67.2 cm³/mol. The lowest BCUT2D eigenvalue weighted by Gasteiger charge is -2.12. The molecule has 1 aromatic rings. The Morgan fingerprint density at radius 3 is 2.52 bits per heavy atom. The van der Waals surface area contributed by atoms with Crippen LogP contribution in [0.4, 0.5) is 13.2 Å². The molecule has 0 saturated heterocycles. The van der Waals surface area contributed by atoms with Crippen LogP contribution in [0.5, 0.6) is 0 Å². The monoisotopic (exact) mass is 304 g/mol. The van der Waals surface area contributed by atoms with Crippen molar-refractivity contribution in [3.63, 3.8) is 0 Å². The van der Waals surface area contributed by atoms with Gasteiger partial charge in [0.2, 0.25) is 5.91 Å². The summed E-state index contributed by atoms with van der Waals surface area (Å²) in [5.74, 6) is -0.869. The fraction of sp³-hybridized carbons (Fsp3) is 0.462. The highest BCUT2D eigenvalue weighted by Gasteiger charge is 2.32. The molecule has 8 heteroatoms. The average molecular weight is 304 g/mol. The van der Waals surface area contributed by atoms with Crippen molar-refractivity contribution in [3.8, 4) is 0 Å². The zero-order valence-electron chi connectivity index (χ0n) is 11.5. The third-order valence-electron chi connectivity index (χ3n) is 2.59. The van der Waals surface area contributed by atoms with E-state index < -0.39 is 29.8 Å². The Balaban J connectivity index is 2.53. The summed E-state index contributed by atoms with van der Waals surface area (Å²) in [5.41, 5.74) is -0.656. The molecule has 0 aliphatic heterocycles. The molecule has 0 radical (unpaired) electrons. The van der Waals surface area contributed by atoms with E-state index in [2.05, 4.69) is 15.0 Å². The van der Waals surface area contributed by atoms with Gasteiger partial charge in [-0.05, 0) is 18.6 Å². The number of pyridine rings is 1. The van der Waals surface area contributed by atoms with Crippen LogP contribution in [-0.2, 0) is 26.9 Å². The maximum atomic E-state index is 12.3. The number of esters is 1. The van der Waals surface area contributed by atoms with E-state index in [1.54, 1.807) is 6.92 Å². The largest absolute Gasteiger partial charge is 0.469 e. The van der Waals surface area contributed by atoms with E-state index in [4.69, 9.17) is 0 Å². The first kappa shape index (κ1) is 16.9. The lowest BCUT2D eigenvalue weighted by atomic mass is 10.1. The van der Waals surface area contributed by atoms with Crippen LogP contribution >= 0.6 is 0 Å². The minimum Gasteiger partial charge on any atom is -0.469 e. The molecular formula is C13H15F3N2O3. The standard InChI is InChI=1S/C13H15F3N2O3/c1-8(5-12(20)21-2)18-11(19)6-9-3-4-10(17-7-9)13(14,15)16/h3-4,7-8H,5-6H2,1-2H3,(H,18,19)/t8-/m0/s1. The van der Waals surface area contributed by atoms with Crippen LogP contribution in [0.2, 0.25) is 0 Å². The van der Waals surface area contributed by atoms with Gasteiger partial charge >= 0.3 is 12.1 Å². The van der Waals surface area contributed by atoms with Crippen molar-refractivity contribution in [2.45, 2.75) is 32.0 Å². The van der Waals surface area contributed by atoms with E-state index in [1.807, 2.05) is 0 Å². The summed E-state index contributed by atoms with van der Waals surface area (Å²) in [6.45, 7) is 1.62. The number of methoxy groups -OCH3 is 1. The van der Waals surface area contributed by atoms with E-state index in [1.165, 1.54) is 13.2 Å². The van der Waals surface area contributed by atoms with Gasteiger partial charge in [-0.25, -0.2) is 0 Å². The van der Waals surface area contributed by atoms with Crippen molar-refractivity contribution in [2.24, 2.45) is 0 Å². The molecule has 0 aliphatic carbocycles. The molecule has 1 atom stereocenters. The number of halogens is 3. The Morgan fingerprint density at radius 1 is 1.38 bits per heavy atom. The van der Waals surface area contributed by atoms with Crippen LogP contribution in [0.25, 0.3) is 0 Å². The Labute approximate surface area is 119 Å². The summed E-state index contributed by atoms with van der Waals surface area (Å²) < 4.78 is 41.4. The lowest BCUT2D eigenvalue weighted by Crippen LogP contribution is -2.35. The van der Waals surface area contributed by atoms with Gasteiger partial charge in [-0.3, -0.25) is 14.6 Å². The van der Waals surface area contributed by atoms with Crippen LogP contribution in [0.15, 0.2) is 18.3 Å². The molecular weight excluding hydrogens is 289 g/mol. The Hall–Kier alpha value is -2.12. The number of rotatable bonds is 5. The first-order valence-corrected chi connectivity index (χ1v) is 6.10. The predicted octanol–water partition coefficient (Wildman–Crippen LogP) is 1.71. The smallest absolute Gasteiger partial charge is 0.433 e. The molecule has 1 heterocycles. The molecule has 0 saturated carbocycles. The zero-order valence-corrected chi connectivity index (χ0v) is 11.5. The summed E-state index contributed by atoms with van der Waals surface area (Å²) in [7, 11) is 1.24. The number of aromatic nitrogens is 1. The molecule has 1 aromatic heterocycles. The number of hydrogen-bond donors (Lipinski definition) is 1. The SMILES string of the molecule is COC(=O)C[C@H](C)NC(=O)Cc1ccc(C(F)(F)F)nc1. The second kappa shape index (κ2) is 7.05. The Bertz CT molecular complexity index is 500. The highest BCUT2D eigenvalue weighted by molar-refractivity contribution is 5.79. The quantitative estimate of drug-likeness (QED) is 0.841. The average Bonchev–Trinajstić information content (AvgIpc) is 2.37. The fourth-order valence-electron chi connectivity index (χ4n) is 1.59. The summed E-state index contributed by atoms with van der Waals surface area (Å²) in [6, 6.07) is 1.59. The topological polar surface area (TPSA) is 68.3 Å². The number of ether oxygens (including phenoxy) is 1. The Kier molecular flexibility index (Phi) is 5.69. The molecule has 21 heavy (non-hydrogen) atoms. The zero-order chi connectivity index (χ0) is 16.0. The molecule has 0 unspecified atom stereocenters. The number of nitrogens with one attached hydrogen (secondary N) is 1. The van der Waals surface area contributed by atoms with E-state index in [-0.39, 0.29) is 12.8 Å². The number of alkyl halides is 3. The third-order valence-corrected chi connectivity index (χ3v) is 2.59. The first-order chi connectivity index (χ1) is 9.72. The maximum Gasteiger partial charge on any atom is 0.433 e. The molecule has 0 fully saturated rings. The lowest BCUT2D eigenvalue weighted by molar-refractivity contribution is -0.142. The van der Waals surface area contributed by atoms with E-state index in [9.17, 15) is 22.8 Å². The van der Waals surface area contributed by atoms with Crippen LogP contribution < -0.4 is 5.32 Å². The summed E-state index contributed by atoms with van der Waals surface area (Å²) in [5, 5.41) is 2.55. The van der Waals surface area contributed by atoms with E-state index in [0.29, 0.717) is 5.56 Å². The van der Waals surface area contributed by atoms with Gasteiger partial charge in [0.25, 0.3) is 0 Å². The van der Waals surface area contributed by atoms with Gasteiger partial charge in [0, 0.05) is 12.2 Å². The van der Waals surface area contributed by atoms with Crippen molar-refractivity contribution >= 4 is 11.9 Å². The van der Waals surface area contributed by atoms with Crippen molar-refractivity contribution < 1.29 is 27.5 Å². The fourth-order valence-corrected chi connectivity index (χ4v) is 1.59. The molecule has 1 N–H and O–H groups in total. The van der Waals surface area contributed by atoms with Gasteiger partial charge in [0.15, 0.2) is 0 Å². The van der Waals surface area contributed by atoms with Crippen molar-refractivity contribution in [1.29, 1.82) is 0 Å². The highest BCUT2D eigenvalue weighted by Crippen LogP contribution is 2.27. The molecule has 1 rings (SSSR count). The van der Waals surface area contributed by atoms with Crippen LogP contribution in [-0.4, -0.2) is 30.0 Å². The molecule has 0 aromatic carbocycles. The number of amides is 1. The van der Waals surface area contributed by atoms with Gasteiger partial charge in [0.1, 0.15) is 5.69 Å². The number of carbonyl (C=O) groups excluding carboxylic acids is 2. The Morgan fingerprint density at radius 2 is 2.05 bits per heavy atom. The van der Waals surface area contributed by atoms with Crippen molar-refractivity contribution in [3.05, 3.63) is 29.6 Å². The maximum absolute atomic E-state index is 12.3. The second-order valence-corrected chi connectivity index (χ2v) is 4.48. The molecule has 1 amide bonds. The first-order valence-electron chi connectivity index (χ1n) is 6.10. The molecule has 116 valence electrons. The molecule has 0 aliphatic rings. The minimum absolute atomic E-state index is 0.0213. The van der Waals surface area contributed by atoms with E-state index >= 15 is 0 Å². The highest BCUT2D eigenvalue weighted by atomic mass is 19.4. The minimum atomic E-state index is -4.50. The number of carbonyl (C=O) groups is 2. The van der Waals surface area contributed by atoms with Crippen molar-refractivity contribution in [2.75, 3.05) is 7.11 Å². The van der Waals surface area contributed by atoms with Crippen LogP contribution in [0, 0.1) is 0 Å². The molecule has 0 spiro atoms. The van der Waals surface area contributed by atoms with Gasteiger partial charge < -0.3 is 10.1 Å². The van der Waals surface area contributed by atoms with Gasteiger partial charge in [-0.1, -0.05) is 6.07 Å². The van der Waals surface area contributed by atoms with Gasteiger partial charge in [-0.2, -0.15) is 13.2 Å². The normalized spacial score (nSPS) is 12.6. The molecule has 5 nitrogen and oxygen atoms in total. The summed E-state index contributed by atoms with van der Waals surface area (Å²) >= 11 is 0. The van der Waals surface area contributed by atoms with Gasteiger partial charge in [0.05, 0.1) is 20.0 Å². The van der Waals surface area contributed by atoms with Gasteiger partial charge in [-0.15, -0.1) is 0 Å².